The van der Waals surface area contributed by atoms with Crippen LogP contribution in [0, 0.1) is 19.3 Å². The molecule has 0 spiro atoms. The van der Waals surface area contributed by atoms with Crippen LogP contribution in [0.5, 0.6) is 0 Å². The predicted molar refractivity (Wildman–Crippen MR) is 81.9 cm³/mol. The first-order chi connectivity index (χ1) is 9.11. The summed E-state index contributed by atoms with van der Waals surface area (Å²) < 4.78 is 0. The summed E-state index contributed by atoms with van der Waals surface area (Å²) in [5, 5.41) is 0. The molecule has 0 aliphatic heterocycles. The lowest BCUT2D eigenvalue weighted by Gasteiger charge is -2.36. The third-order valence-electron chi connectivity index (χ3n) is 5.25. The smallest absolute Gasteiger partial charge is 0.0307 e. The lowest BCUT2D eigenvalue weighted by atomic mass is 9.74. The first kappa shape index (κ1) is 14.5. The molecule has 3 N–H and O–H groups in total. The molecule has 2 nitrogen and oxygen atoms in total. The summed E-state index contributed by atoms with van der Waals surface area (Å²) in [4.78, 5) is 0. The van der Waals surface area contributed by atoms with Crippen molar-refractivity contribution in [3.8, 4) is 0 Å². The van der Waals surface area contributed by atoms with Gasteiger partial charge >= 0.3 is 0 Å². The normalized spacial score (nSPS) is 19.6. The average Bonchev–Trinajstić information content (AvgIpc) is 2.90. The first-order valence-corrected chi connectivity index (χ1v) is 7.63. The van der Waals surface area contributed by atoms with Crippen LogP contribution in [0.4, 0.5) is 0 Å². The average molecular weight is 260 g/mol. The maximum atomic E-state index is 5.88. The summed E-state index contributed by atoms with van der Waals surface area (Å²) in [6, 6.07) is 7.20. The Balaban J connectivity index is 2.16. The fraction of sp³-hybridized carbons (Fsp3) is 0.647. The lowest BCUT2D eigenvalue weighted by molar-refractivity contribution is 0.185. The van der Waals surface area contributed by atoms with Crippen LogP contribution in [-0.4, -0.2) is 6.04 Å². The van der Waals surface area contributed by atoms with Crippen LogP contribution in [0.3, 0.4) is 0 Å². The Morgan fingerprint density at radius 2 is 1.89 bits per heavy atom. The third kappa shape index (κ3) is 3.01. The Labute approximate surface area is 117 Å². The van der Waals surface area contributed by atoms with Crippen molar-refractivity contribution in [1.29, 1.82) is 0 Å². The molecule has 0 radical (unpaired) electrons. The molecule has 2 heteroatoms. The van der Waals surface area contributed by atoms with Crippen molar-refractivity contribution in [2.45, 2.75) is 65.3 Å². The highest BCUT2D eigenvalue weighted by Crippen LogP contribution is 2.44. The van der Waals surface area contributed by atoms with Gasteiger partial charge in [-0.05, 0) is 61.6 Å². The minimum absolute atomic E-state index is 0.405. The van der Waals surface area contributed by atoms with E-state index in [9.17, 15) is 0 Å². The highest BCUT2D eigenvalue weighted by Gasteiger charge is 2.39. The first-order valence-electron chi connectivity index (χ1n) is 7.63. The van der Waals surface area contributed by atoms with Gasteiger partial charge in [0.2, 0.25) is 0 Å². The number of nitrogens with two attached hydrogens (primary N) is 1. The van der Waals surface area contributed by atoms with E-state index in [1.807, 2.05) is 0 Å². The maximum absolute atomic E-state index is 5.88. The van der Waals surface area contributed by atoms with E-state index >= 15 is 0 Å². The van der Waals surface area contributed by atoms with Crippen LogP contribution in [-0.2, 0) is 6.42 Å². The Bertz CT molecular complexity index is 419. The number of rotatable bonds is 5. The highest BCUT2D eigenvalue weighted by atomic mass is 15.2. The number of hydrogen-bond acceptors (Lipinski definition) is 2. The number of benzene rings is 1. The molecular weight excluding hydrogens is 232 g/mol. The Morgan fingerprint density at radius 3 is 2.42 bits per heavy atom. The van der Waals surface area contributed by atoms with Crippen molar-refractivity contribution in [3.63, 3.8) is 0 Å². The van der Waals surface area contributed by atoms with Gasteiger partial charge in [0.1, 0.15) is 0 Å². The Kier molecular flexibility index (Phi) is 4.64. The van der Waals surface area contributed by atoms with E-state index in [1.165, 1.54) is 48.8 Å². The monoisotopic (exact) mass is 260 g/mol. The molecule has 0 bridgehead atoms. The summed E-state index contributed by atoms with van der Waals surface area (Å²) in [5.74, 6) is 5.88. The fourth-order valence-corrected chi connectivity index (χ4v) is 3.65. The summed E-state index contributed by atoms with van der Waals surface area (Å²) in [5.41, 5.74) is 7.68. The van der Waals surface area contributed by atoms with E-state index in [1.54, 1.807) is 0 Å². The van der Waals surface area contributed by atoms with Gasteiger partial charge in [0.15, 0.2) is 0 Å². The van der Waals surface area contributed by atoms with Crippen LogP contribution < -0.4 is 11.3 Å². The molecule has 0 aromatic heterocycles. The van der Waals surface area contributed by atoms with Gasteiger partial charge in [-0.2, -0.15) is 0 Å². The molecule has 1 atom stereocenters. The van der Waals surface area contributed by atoms with Crippen molar-refractivity contribution in [3.05, 3.63) is 34.9 Å². The van der Waals surface area contributed by atoms with Crippen LogP contribution in [0.2, 0.25) is 0 Å². The molecule has 2 rings (SSSR count). The maximum Gasteiger partial charge on any atom is 0.0307 e. The van der Waals surface area contributed by atoms with Crippen LogP contribution >= 0.6 is 0 Å². The topological polar surface area (TPSA) is 38.0 Å². The summed E-state index contributed by atoms with van der Waals surface area (Å²) in [6.07, 6.45) is 7.64. The zero-order chi connectivity index (χ0) is 13.9. The zero-order valence-electron chi connectivity index (χ0n) is 12.6. The third-order valence-corrected chi connectivity index (χ3v) is 5.25. The van der Waals surface area contributed by atoms with Gasteiger partial charge in [0.25, 0.3) is 0 Å². The van der Waals surface area contributed by atoms with E-state index in [0.29, 0.717) is 11.5 Å². The molecule has 1 saturated carbocycles. The number of hydrazine groups is 1. The van der Waals surface area contributed by atoms with Gasteiger partial charge in [0, 0.05) is 6.04 Å². The molecule has 0 heterocycles. The standard InChI is InChI=1S/C17H28N2/c1-4-17(9-5-6-10-17)16(19-18)12-15-8-7-13(2)14(3)11-15/h7-8,11,16,19H,4-6,9-10,12,18H2,1-3H3. The molecule has 0 amide bonds. The minimum atomic E-state index is 0.405. The summed E-state index contributed by atoms with van der Waals surface area (Å²) >= 11 is 0. The van der Waals surface area contributed by atoms with Crippen LogP contribution in [0.15, 0.2) is 18.2 Å². The fourth-order valence-electron chi connectivity index (χ4n) is 3.65. The molecule has 19 heavy (non-hydrogen) atoms. The van der Waals surface area contributed by atoms with E-state index in [2.05, 4.69) is 44.4 Å². The van der Waals surface area contributed by atoms with Gasteiger partial charge in [-0.1, -0.05) is 38.0 Å². The second-order valence-corrected chi connectivity index (χ2v) is 6.27. The van der Waals surface area contributed by atoms with Crippen molar-refractivity contribution >= 4 is 0 Å². The van der Waals surface area contributed by atoms with Crippen LogP contribution in [0.1, 0.15) is 55.7 Å². The predicted octanol–water partition coefficient (Wildman–Crippen LogP) is 3.65. The van der Waals surface area contributed by atoms with Crippen molar-refractivity contribution < 1.29 is 0 Å². The molecule has 106 valence electrons. The van der Waals surface area contributed by atoms with Crippen molar-refractivity contribution in [1.82, 2.24) is 5.43 Å². The largest absolute Gasteiger partial charge is 0.271 e. The molecule has 1 fully saturated rings. The Hall–Kier alpha value is -0.860. The van der Waals surface area contributed by atoms with Gasteiger partial charge in [-0.15, -0.1) is 0 Å². The van der Waals surface area contributed by atoms with Gasteiger partial charge in [-0.3, -0.25) is 11.3 Å². The molecule has 1 unspecified atom stereocenters. The highest BCUT2D eigenvalue weighted by molar-refractivity contribution is 5.30. The van der Waals surface area contributed by atoms with E-state index in [0.717, 1.165) is 6.42 Å². The van der Waals surface area contributed by atoms with E-state index in [4.69, 9.17) is 5.84 Å². The van der Waals surface area contributed by atoms with Crippen molar-refractivity contribution in [2.24, 2.45) is 11.3 Å². The molecule has 1 aliphatic carbocycles. The second-order valence-electron chi connectivity index (χ2n) is 6.27. The van der Waals surface area contributed by atoms with Crippen LogP contribution in [0.25, 0.3) is 0 Å². The molecule has 1 aromatic rings. The summed E-state index contributed by atoms with van der Waals surface area (Å²) in [7, 11) is 0. The summed E-state index contributed by atoms with van der Waals surface area (Å²) in [6.45, 7) is 6.67. The van der Waals surface area contributed by atoms with Gasteiger partial charge in [0.05, 0.1) is 0 Å². The minimum Gasteiger partial charge on any atom is -0.271 e. The van der Waals surface area contributed by atoms with E-state index < -0.39 is 0 Å². The number of nitrogens with one attached hydrogen (secondary N) is 1. The molecule has 1 aliphatic rings. The second kappa shape index (κ2) is 6.06. The quantitative estimate of drug-likeness (QED) is 0.626. The molecule has 0 saturated heterocycles. The number of aryl methyl sites for hydroxylation is 2. The van der Waals surface area contributed by atoms with Crippen molar-refractivity contribution in [2.75, 3.05) is 0 Å². The number of hydrogen-bond donors (Lipinski definition) is 2. The Morgan fingerprint density at radius 1 is 1.21 bits per heavy atom. The van der Waals surface area contributed by atoms with E-state index in [-0.39, 0.29) is 0 Å². The van der Waals surface area contributed by atoms with Gasteiger partial charge < -0.3 is 0 Å². The molecule has 1 aromatic carbocycles. The molecular formula is C17H28N2. The zero-order valence-corrected chi connectivity index (χ0v) is 12.6. The lowest BCUT2D eigenvalue weighted by Crippen LogP contribution is -2.48. The van der Waals surface area contributed by atoms with Gasteiger partial charge in [-0.25, -0.2) is 0 Å². The SMILES string of the molecule is CCC1(C(Cc2ccc(C)c(C)c2)NN)CCCC1.